The van der Waals surface area contributed by atoms with Crippen LogP contribution < -0.4 is 9.64 Å². The lowest BCUT2D eigenvalue weighted by Crippen LogP contribution is -2.13. The monoisotopic (exact) mass is 340 g/mol. The Labute approximate surface area is 145 Å². The van der Waals surface area contributed by atoms with Crippen molar-refractivity contribution >= 4 is 23.2 Å². The molecule has 0 amide bonds. The molecule has 2 heterocycles. The Morgan fingerprint density at radius 3 is 2.68 bits per heavy atom. The Balaban J connectivity index is 2.08. The summed E-state index contributed by atoms with van der Waals surface area (Å²) >= 11 is 0. The SMILES string of the molecule is CCOC(=O)Oc1cn2ncnc(N(C)c3ccccc3)c2c1CC. The van der Waals surface area contributed by atoms with Gasteiger partial charge in [-0.1, -0.05) is 25.1 Å². The van der Waals surface area contributed by atoms with Gasteiger partial charge in [0.05, 0.1) is 12.8 Å². The van der Waals surface area contributed by atoms with E-state index in [1.807, 2.05) is 49.2 Å². The molecule has 3 rings (SSSR count). The number of fused-ring (bicyclic) bond motifs is 1. The number of nitrogens with zero attached hydrogens (tertiary/aromatic N) is 4. The summed E-state index contributed by atoms with van der Waals surface area (Å²) in [6, 6.07) is 9.91. The molecule has 0 bridgehead atoms. The number of ether oxygens (including phenoxy) is 2. The average molecular weight is 340 g/mol. The summed E-state index contributed by atoms with van der Waals surface area (Å²) in [7, 11) is 1.94. The van der Waals surface area contributed by atoms with Crippen LogP contribution >= 0.6 is 0 Å². The van der Waals surface area contributed by atoms with Gasteiger partial charge in [0, 0.05) is 18.3 Å². The molecule has 0 saturated carbocycles. The maximum Gasteiger partial charge on any atom is 0.513 e. The molecule has 3 aromatic rings. The van der Waals surface area contributed by atoms with E-state index >= 15 is 0 Å². The number of benzene rings is 1. The zero-order chi connectivity index (χ0) is 17.8. The number of para-hydroxylation sites is 1. The van der Waals surface area contributed by atoms with E-state index in [0.717, 1.165) is 22.6 Å². The first-order valence-electron chi connectivity index (χ1n) is 8.14. The van der Waals surface area contributed by atoms with Crippen LogP contribution in [0.2, 0.25) is 0 Å². The maximum atomic E-state index is 11.7. The Morgan fingerprint density at radius 2 is 2.00 bits per heavy atom. The first kappa shape index (κ1) is 16.8. The molecule has 2 aromatic heterocycles. The number of aryl methyl sites for hydroxylation is 1. The summed E-state index contributed by atoms with van der Waals surface area (Å²) in [5, 5.41) is 4.25. The molecule has 1 aromatic carbocycles. The number of anilines is 2. The summed E-state index contributed by atoms with van der Waals surface area (Å²) in [6.45, 7) is 3.98. The maximum absolute atomic E-state index is 11.7. The minimum absolute atomic E-state index is 0.259. The Kier molecular flexibility index (Phi) is 4.83. The van der Waals surface area contributed by atoms with Gasteiger partial charge in [-0.2, -0.15) is 5.10 Å². The molecule has 0 fully saturated rings. The van der Waals surface area contributed by atoms with E-state index in [0.29, 0.717) is 12.2 Å². The minimum Gasteiger partial charge on any atom is -0.434 e. The van der Waals surface area contributed by atoms with E-state index in [2.05, 4.69) is 10.1 Å². The Morgan fingerprint density at radius 1 is 1.24 bits per heavy atom. The van der Waals surface area contributed by atoms with Gasteiger partial charge in [0.1, 0.15) is 11.8 Å². The fraction of sp³-hybridized carbons (Fsp3) is 0.278. The molecule has 7 nitrogen and oxygen atoms in total. The van der Waals surface area contributed by atoms with Crippen molar-refractivity contribution in [3.8, 4) is 5.75 Å². The number of aromatic nitrogens is 3. The van der Waals surface area contributed by atoms with Crippen LogP contribution in [0, 0.1) is 0 Å². The zero-order valence-corrected chi connectivity index (χ0v) is 14.5. The summed E-state index contributed by atoms with van der Waals surface area (Å²) in [5.41, 5.74) is 2.65. The second-order valence-electron chi connectivity index (χ2n) is 5.38. The van der Waals surface area contributed by atoms with Gasteiger partial charge < -0.3 is 14.4 Å². The second-order valence-corrected chi connectivity index (χ2v) is 5.38. The molecule has 7 heteroatoms. The third-order valence-corrected chi connectivity index (χ3v) is 3.89. The Bertz CT molecular complexity index is 877. The lowest BCUT2D eigenvalue weighted by molar-refractivity contribution is 0.104. The molecule has 25 heavy (non-hydrogen) atoms. The second kappa shape index (κ2) is 7.21. The number of rotatable bonds is 5. The number of carbonyl (C=O) groups excluding carboxylic acids is 1. The van der Waals surface area contributed by atoms with Crippen molar-refractivity contribution in [2.75, 3.05) is 18.6 Å². The van der Waals surface area contributed by atoms with E-state index in [4.69, 9.17) is 9.47 Å². The quantitative estimate of drug-likeness (QED) is 0.661. The van der Waals surface area contributed by atoms with E-state index in [1.165, 1.54) is 6.33 Å². The van der Waals surface area contributed by atoms with Gasteiger partial charge in [0.25, 0.3) is 0 Å². The van der Waals surface area contributed by atoms with Crippen molar-refractivity contribution in [2.45, 2.75) is 20.3 Å². The van der Waals surface area contributed by atoms with Crippen LogP contribution in [0.4, 0.5) is 16.3 Å². The van der Waals surface area contributed by atoms with Crippen molar-refractivity contribution in [1.29, 1.82) is 0 Å². The van der Waals surface area contributed by atoms with Crippen molar-refractivity contribution < 1.29 is 14.3 Å². The van der Waals surface area contributed by atoms with Gasteiger partial charge in [0.2, 0.25) is 0 Å². The normalized spacial score (nSPS) is 10.7. The number of hydrogen-bond donors (Lipinski definition) is 0. The largest absolute Gasteiger partial charge is 0.513 e. The highest BCUT2D eigenvalue weighted by Gasteiger charge is 2.20. The van der Waals surface area contributed by atoms with Crippen LogP contribution in [0.3, 0.4) is 0 Å². The number of carbonyl (C=O) groups is 1. The highest BCUT2D eigenvalue weighted by Crippen LogP contribution is 2.33. The molecule has 0 aliphatic rings. The van der Waals surface area contributed by atoms with E-state index in [1.54, 1.807) is 17.6 Å². The third-order valence-electron chi connectivity index (χ3n) is 3.89. The molecule has 0 spiro atoms. The van der Waals surface area contributed by atoms with Crippen LogP contribution in [0.25, 0.3) is 5.52 Å². The smallest absolute Gasteiger partial charge is 0.434 e. The van der Waals surface area contributed by atoms with Crippen molar-refractivity contribution in [3.63, 3.8) is 0 Å². The van der Waals surface area contributed by atoms with Gasteiger partial charge in [-0.25, -0.2) is 14.3 Å². The average Bonchev–Trinajstić information content (AvgIpc) is 2.98. The van der Waals surface area contributed by atoms with E-state index in [9.17, 15) is 4.79 Å². The van der Waals surface area contributed by atoms with Crippen LogP contribution in [0.15, 0.2) is 42.9 Å². The summed E-state index contributed by atoms with van der Waals surface area (Å²) in [6.07, 6.45) is 3.10. The molecule has 0 radical (unpaired) electrons. The molecule has 0 unspecified atom stereocenters. The van der Waals surface area contributed by atoms with Crippen molar-refractivity contribution in [3.05, 3.63) is 48.4 Å². The lowest BCUT2D eigenvalue weighted by Gasteiger charge is -2.19. The van der Waals surface area contributed by atoms with Crippen LogP contribution in [-0.4, -0.2) is 34.4 Å². The van der Waals surface area contributed by atoms with Crippen molar-refractivity contribution in [2.24, 2.45) is 0 Å². The summed E-state index contributed by atoms with van der Waals surface area (Å²) in [4.78, 5) is 18.1. The van der Waals surface area contributed by atoms with E-state index < -0.39 is 6.16 Å². The molecule has 0 saturated heterocycles. The molecule has 0 atom stereocenters. The summed E-state index contributed by atoms with van der Waals surface area (Å²) < 4.78 is 11.9. The predicted octanol–water partition coefficient (Wildman–Crippen LogP) is 3.59. The molecule has 0 aliphatic heterocycles. The standard InChI is InChI=1S/C18H20N4O3/c1-4-14-15(25-18(23)24-5-2)11-22-16(14)17(19-12-20-22)21(3)13-9-7-6-8-10-13/h6-12H,4-5H2,1-3H3. The third kappa shape index (κ3) is 3.26. The van der Waals surface area contributed by atoms with Crippen LogP contribution in [0.5, 0.6) is 5.75 Å². The molecule has 0 N–H and O–H groups in total. The van der Waals surface area contributed by atoms with Crippen LogP contribution in [0.1, 0.15) is 19.4 Å². The predicted molar refractivity (Wildman–Crippen MR) is 94.5 cm³/mol. The van der Waals surface area contributed by atoms with Gasteiger partial charge in [-0.05, 0) is 25.5 Å². The minimum atomic E-state index is -0.723. The first-order valence-corrected chi connectivity index (χ1v) is 8.14. The number of hydrogen-bond acceptors (Lipinski definition) is 6. The molecular weight excluding hydrogens is 320 g/mol. The zero-order valence-electron chi connectivity index (χ0n) is 14.5. The van der Waals surface area contributed by atoms with Gasteiger partial charge in [-0.3, -0.25) is 0 Å². The molecule has 0 aliphatic carbocycles. The fourth-order valence-electron chi connectivity index (χ4n) is 2.72. The highest BCUT2D eigenvalue weighted by atomic mass is 16.7. The molecular formula is C18H20N4O3. The van der Waals surface area contributed by atoms with Crippen molar-refractivity contribution in [1.82, 2.24) is 14.6 Å². The first-order chi connectivity index (χ1) is 12.2. The fourth-order valence-corrected chi connectivity index (χ4v) is 2.72. The summed E-state index contributed by atoms with van der Waals surface area (Å²) in [5.74, 6) is 1.17. The highest BCUT2D eigenvalue weighted by molar-refractivity contribution is 5.81. The van der Waals surface area contributed by atoms with Gasteiger partial charge in [-0.15, -0.1) is 0 Å². The topological polar surface area (TPSA) is 69.0 Å². The van der Waals surface area contributed by atoms with E-state index in [-0.39, 0.29) is 6.61 Å². The Hall–Kier alpha value is -3.09. The lowest BCUT2D eigenvalue weighted by atomic mass is 10.2. The van der Waals surface area contributed by atoms with Gasteiger partial charge >= 0.3 is 6.16 Å². The molecule has 130 valence electrons. The van der Waals surface area contributed by atoms with Gasteiger partial charge in [0.15, 0.2) is 11.6 Å². The van der Waals surface area contributed by atoms with Crippen LogP contribution in [-0.2, 0) is 11.2 Å².